The molecule has 1 heterocycles. The van der Waals surface area contributed by atoms with Gasteiger partial charge in [0.05, 0.1) is 11.8 Å². The molecule has 2 N–H and O–H groups in total. The molecule has 7 nitrogen and oxygen atoms in total. The van der Waals surface area contributed by atoms with Crippen LogP contribution in [0.25, 0.3) is 0 Å². The number of aliphatic carboxylic acids is 1. The number of aromatic nitrogens is 2. The van der Waals surface area contributed by atoms with Crippen molar-refractivity contribution in [2.75, 3.05) is 0 Å². The number of H-pyrrole nitrogens is 1. The maximum absolute atomic E-state index is 10.4. The first-order chi connectivity index (χ1) is 6.61. The zero-order chi connectivity index (χ0) is 10.6. The molecule has 0 aliphatic heterocycles. The molecule has 0 aliphatic rings. The van der Waals surface area contributed by atoms with Crippen molar-refractivity contribution in [1.29, 1.82) is 0 Å². The predicted octanol–water partition coefficient (Wildman–Crippen LogP) is 0.725. The molecule has 0 radical (unpaired) electrons. The molecule has 0 saturated heterocycles. The number of aryl methyl sites for hydroxylation is 1. The fraction of sp³-hybridized carbons (Fsp3) is 0.429. The Morgan fingerprint density at radius 3 is 3.00 bits per heavy atom. The van der Waals surface area contributed by atoms with Crippen LogP contribution in [0.1, 0.15) is 18.4 Å². The van der Waals surface area contributed by atoms with Gasteiger partial charge in [-0.2, -0.15) is 0 Å². The summed E-state index contributed by atoms with van der Waals surface area (Å²) in [6.07, 6.45) is 2.07. The smallest absolute Gasteiger partial charge is 0.345 e. The van der Waals surface area contributed by atoms with E-state index in [0.29, 0.717) is 18.4 Å². The van der Waals surface area contributed by atoms with Crippen molar-refractivity contribution < 1.29 is 14.8 Å². The van der Waals surface area contributed by atoms with Crippen LogP contribution in [-0.2, 0) is 11.2 Å². The number of aromatic amines is 1. The van der Waals surface area contributed by atoms with Crippen LogP contribution in [0, 0.1) is 10.1 Å². The molecule has 14 heavy (non-hydrogen) atoms. The van der Waals surface area contributed by atoms with Gasteiger partial charge in [-0.3, -0.25) is 4.79 Å². The molecule has 0 unspecified atom stereocenters. The molecule has 1 aromatic heterocycles. The molecule has 0 saturated carbocycles. The molecule has 0 fully saturated rings. The first-order valence-corrected chi connectivity index (χ1v) is 3.99. The number of hydrogen-bond acceptors (Lipinski definition) is 4. The van der Waals surface area contributed by atoms with E-state index in [9.17, 15) is 14.9 Å². The zero-order valence-electron chi connectivity index (χ0n) is 7.27. The van der Waals surface area contributed by atoms with Gasteiger partial charge in [-0.05, 0) is 17.8 Å². The predicted molar refractivity (Wildman–Crippen MR) is 45.8 cm³/mol. The lowest BCUT2D eigenvalue weighted by molar-refractivity contribution is -0.390. The van der Waals surface area contributed by atoms with Crippen molar-refractivity contribution in [3.8, 4) is 0 Å². The van der Waals surface area contributed by atoms with Gasteiger partial charge in [0.15, 0.2) is 0 Å². The summed E-state index contributed by atoms with van der Waals surface area (Å²) < 4.78 is 0. The molecule has 0 amide bonds. The molecule has 0 aliphatic carbocycles. The van der Waals surface area contributed by atoms with E-state index in [0.717, 1.165) is 0 Å². The van der Waals surface area contributed by atoms with E-state index in [2.05, 4.69) is 10.2 Å². The van der Waals surface area contributed by atoms with E-state index in [1.54, 1.807) is 0 Å². The van der Waals surface area contributed by atoms with Crippen molar-refractivity contribution >= 4 is 11.8 Å². The first-order valence-electron chi connectivity index (χ1n) is 3.99. The first kappa shape index (κ1) is 10.2. The number of nitrogens with one attached hydrogen (secondary N) is 1. The highest BCUT2D eigenvalue weighted by Gasteiger charge is 2.14. The van der Waals surface area contributed by atoms with Crippen LogP contribution >= 0.6 is 0 Å². The summed E-state index contributed by atoms with van der Waals surface area (Å²) in [5.41, 5.74) is 0.441. The maximum Gasteiger partial charge on any atom is 0.345 e. The second-order valence-electron chi connectivity index (χ2n) is 2.75. The number of rotatable bonds is 5. The van der Waals surface area contributed by atoms with Crippen LogP contribution in [0.2, 0.25) is 0 Å². The van der Waals surface area contributed by atoms with Crippen molar-refractivity contribution in [2.24, 2.45) is 0 Å². The normalized spacial score (nSPS) is 10.0. The highest BCUT2D eigenvalue weighted by Crippen LogP contribution is 2.15. The molecule has 1 rings (SSSR count). The van der Waals surface area contributed by atoms with Gasteiger partial charge in [-0.25, -0.2) is 0 Å². The summed E-state index contributed by atoms with van der Waals surface area (Å²) in [6, 6.07) is 0. The van der Waals surface area contributed by atoms with Crippen LogP contribution in [-0.4, -0.2) is 26.2 Å². The highest BCUT2D eigenvalue weighted by molar-refractivity contribution is 5.66. The lowest BCUT2D eigenvalue weighted by atomic mass is 10.1. The summed E-state index contributed by atoms with van der Waals surface area (Å²) in [7, 11) is 0. The van der Waals surface area contributed by atoms with Crippen molar-refractivity contribution in [1.82, 2.24) is 10.2 Å². The summed E-state index contributed by atoms with van der Waals surface area (Å²) >= 11 is 0. The van der Waals surface area contributed by atoms with Crippen LogP contribution in [0.5, 0.6) is 0 Å². The lowest BCUT2D eigenvalue weighted by Gasteiger charge is -1.95. The molecular weight excluding hydrogens is 190 g/mol. The molecular formula is C7H9N3O4. The Kier molecular flexibility index (Phi) is 3.16. The number of carboxylic acid groups (broad SMARTS) is 1. The highest BCUT2D eigenvalue weighted by atomic mass is 16.6. The largest absolute Gasteiger partial charge is 0.481 e. The molecule has 7 heteroatoms. The third-order valence-electron chi connectivity index (χ3n) is 1.71. The Bertz CT molecular complexity index is 346. The van der Waals surface area contributed by atoms with Crippen LogP contribution in [0.3, 0.4) is 0 Å². The molecule has 0 aromatic carbocycles. The van der Waals surface area contributed by atoms with E-state index in [-0.39, 0.29) is 12.2 Å². The molecule has 0 bridgehead atoms. The minimum atomic E-state index is -0.906. The van der Waals surface area contributed by atoms with Crippen LogP contribution < -0.4 is 0 Å². The maximum atomic E-state index is 10.4. The Morgan fingerprint density at radius 2 is 2.43 bits per heavy atom. The fourth-order valence-corrected chi connectivity index (χ4v) is 1.08. The van der Waals surface area contributed by atoms with Gasteiger partial charge in [0.25, 0.3) is 0 Å². The number of carboxylic acids is 1. The second kappa shape index (κ2) is 4.35. The van der Waals surface area contributed by atoms with Gasteiger partial charge < -0.3 is 15.2 Å². The van der Waals surface area contributed by atoms with Crippen molar-refractivity contribution in [3.05, 3.63) is 21.9 Å². The van der Waals surface area contributed by atoms with Crippen molar-refractivity contribution in [3.63, 3.8) is 0 Å². The Hall–Kier alpha value is -1.92. The van der Waals surface area contributed by atoms with Gasteiger partial charge >= 0.3 is 11.8 Å². The minimum Gasteiger partial charge on any atom is -0.481 e. The topological polar surface area (TPSA) is 109 Å². The van der Waals surface area contributed by atoms with Gasteiger partial charge in [0, 0.05) is 6.42 Å². The van der Waals surface area contributed by atoms with E-state index in [4.69, 9.17) is 5.11 Å². The molecule has 1 aromatic rings. The van der Waals surface area contributed by atoms with Gasteiger partial charge in [-0.15, -0.1) is 5.10 Å². The molecule has 0 atom stereocenters. The number of carbonyl (C=O) groups is 1. The monoisotopic (exact) mass is 199 g/mol. The standard InChI is InChI=1S/C7H9N3O4/c11-6(12)3-1-2-5-4-8-9-7(5)10(13)14/h4H,1-3H2,(H,8,9)(H,11,12). The summed E-state index contributed by atoms with van der Waals surface area (Å²) in [5.74, 6) is -1.06. The van der Waals surface area contributed by atoms with Crippen molar-refractivity contribution in [2.45, 2.75) is 19.3 Å². The van der Waals surface area contributed by atoms with E-state index in [1.807, 2.05) is 0 Å². The Morgan fingerprint density at radius 1 is 1.71 bits per heavy atom. The number of nitro groups is 1. The second-order valence-corrected chi connectivity index (χ2v) is 2.75. The third kappa shape index (κ3) is 2.54. The SMILES string of the molecule is O=C(O)CCCc1cn[nH]c1[N+](=O)[O-]. The van der Waals surface area contributed by atoms with Gasteiger partial charge in [-0.1, -0.05) is 5.10 Å². The quantitative estimate of drug-likeness (QED) is 0.536. The van der Waals surface area contributed by atoms with Gasteiger partial charge in [0.1, 0.15) is 0 Å². The Balaban J connectivity index is 2.54. The van der Waals surface area contributed by atoms with Crippen LogP contribution in [0.15, 0.2) is 6.20 Å². The summed E-state index contributed by atoms with van der Waals surface area (Å²) in [4.78, 5) is 20.0. The number of hydrogen-bond donors (Lipinski definition) is 2. The molecule has 0 spiro atoms. The zero-order valence-corrected chi connectivity index (χ0v) is 7.27. The van der Waals surface area contributed by atoms with Gasteiger partial charge in [0.2, 0.25) is 0 Å². The van der Waals surface area contributed by atoms with E-state index in [1.165, 1.54) is 6.20 Å². The fourth-order valence-electron chi connectivity index (χ4n) is 1.08. The Labute approximate surface area is 78.9 Å². The molecule has 76 valence electrons. The van der Waals surface area contributed by atoms with E-state index < -0.39 is 10.9 Å². The summed E-state index contributed by atoms with van der Waals surface area (Å²) in [6.45, 7) is 0. The van der Waals surface area contributed by atoms with E-state index >= 15 is 0 Å². The third-order valence-corrected chi connectivity index (χ3v) is 1.71. The van der Waals surface area contributed by atoms with Crippen LogP contribution in [0.4, 0.5) is 5.82 Å². The minimum absolute atomic E-state index is 0.00232. The number of nitrogens with zero attached hydrogens (tertiary/aromatic N) is 2. The average Bonchev–Trinajstić information content (AvgIpc) is 2.51. The average molecular weight is 199 g/mol. The lowest BCUT2D eigenvalue weighted by Crippen LogP contribution is -1.97. The summed E-state index contributed by atoms with van der Waals surface area (Å²) in [5, 5.41) is 24.5.